The van der Waals surface area contributed by atoms with E-state index in [2.05, 4.69) is 4.90 Å². The Morgan fingerprint density at radius 3 is 2.68 bits per heavy atom. The van der Waals surface area contributed by atoms with Crippen molar-refractivity contribution in [3.8, 4) is 0 Å². The van der Waals surface area contributed by atoms with Crippen LogP contribution in [0.5, 0.6) is 0 Å². The molecule has 19 heavy (non-hydrogen) atoms. The minimum absolute atomic E-state index is 0.216. The van der Waals surface area contributed by atoms with E-state index in [-0.39, 0.29) is 11.9 Å². The van der Waals surface area contributed by atoms with Crippen LogP contribution in [0.1, 0.15) is 25.3 Å². The molecule has 4 heteroatoms. The van der Waals surface area contributed by atoms with E-state index in [1.807, 2.05) is 6.92 Å². The van der Waals surface area contributed by atoms with Gasteiger partial charge in [0.15, 0.2) is 0 Å². The molecule has 1 atom stereocenters. The zero-order valence-electron chi connectivity index (χ0n) is 11.3. The van der Waals surface area contributed by atoms with E-state index < -0.39 is 0 Å². The maximum absolute atomic E-state index is 13.6. The van der Waals surface area contributed by atoms with E-state index in [1.165, 1.54) is 6.07 Å². The van der Waals surface area contributed by atoms with Crippen molar-refractivity contribution < 1.29 is 9.50 Å². The molecule has 0 radical (unpaired) electrons. The first-order chi connectivity index (χ1) is 9.08. The number of hydrogen-bond donors (Lipinski definition) is 1. The lowest BCUT2D eigenvalue weighted by Gasteiger charge is -2.33. The fourth-order valence-corrected chi connectivity index (χ4v) is 2.96. The van der Waals surface area contributed by atoms with Gasteiger partial charge in [0.1, 0.15) is 5.82 Å². The van der Waals surface area contributed by atoms with E-state index >= 15 is 0 Å². The number of benzene rings is 1. The van der Waals surface area contributed by atoms with Crippen molar-refractivity contribution >= 4 is 11.6 Å². The minimum atomic E-state index is -0.219. The Hall–Kier alpha value is -0.640. The van der Waals surface area contributed by atoms with Crippen LogP contribution >= 0.6 is 11.6 Å². The van der Waals surface area contributed by atoms with Gasteiger partial charge in [-0.3, -0.25) is 0 Å². The Kier molecular flexibility index (Phi) is 5.20. The summed E-state index contributed by atoms with van der Waals surface area (Å²) in [4.78, 5) is 2.32. The van der Waals surface area contributed by atoms with Gasteiger partial charge >= 0.3 is 0 Å². The molecule has 106 valence electrons. The standard InChI is InChI=1S/C15H21ClFNO/c1-11(19)12-5-8-18(9-6-12)10-7-13-14(16)3-2-4-15(13)17/h2-4,11-12,19H,5-10H2,1H3. The fourth-order valence-electron chi connectivity index (χ4n) is 2.70. The molecule has 0 saturated carbocycles. The number of aliphatic hydroxyl groups is 1. The van der Waals surface area contributed by atoms with Crippen molar-refractivity contribution in [2.45, 2.75) is 32.3 Å². The normalized spacial score (nSPS) is 19.6. The summed E-state index contributed by atoms with van der Waals surface area (Å²) in [6.07, 6.45) is 2.46. The molecule has 0 aromatic heterocycles. The van der Waals surface area contributed by atoms with Gasteiger partial charge in [-0.2, -0.15) is 0 Å². The van der Waals surface area contributed by atoms with Crippen molar-refractivity contribution in [3.63, 3.8) is 0 Å². The number of nitrogens with zero attached hydrogens (tertiary/aromatic N) is 1. The van der Waals surface area contributed by atoms with E-state index in [9.17, 15) is 9.50 Å². The summed E-state index contributed by atoms with van der Waals surface area (Å²) in [5.74, 6) is 0.194. The average Bonchev–Trinajstić information content (AvgIpc) is 2.38. The van der Waals surface area contributed by atoms with Crippen molar-refractivity contribution in [3.05, 3.63) is 34.6 Å². The molecule has 1 aromatic rings. The van der Waals surface area contributed by atoms with Crippen LogP contribution in [0.2, 0.25) is 5.02 Å². The van der Waals surface area contributed by atoms with Gasteiger partial charge in [0, 0.05) is 17.1 Å². The number of halogens is 2. The van der Waals surface area contributed by atoms with Crippen LogP contribution in [-0.4, -0.2) is 35.7 Å². The molecule has 1 saturated heterocycles. The first-order valence-electron chi connectivity index (χ1n) is 6.91. The summed E-state index contributed by atoms with van der Waals surface area (Å²) in [5.41, 5.74) is 0.613. The van der Waals surface area contributed by atoms with Crippen LogP contribution < -0.4 is 0 Å². The SMILES string of the molecule is CC(O)C1CCN(CCc2c(F)cccc2Cl)CC1. The largest absolute Gasteiger partial charge is 0.393 e. The molecular weight excluding hydrogens is 265 g/mol. The average molecular weight is 286 g/mol. The van der Waals surface area contributed by atoms with E-state index in [0.717, 1.165) is 32.5 Å². The third-order valence-electron chi connectivity index (χ3n) is 4.05. The lowest BCUT2D eigenvalue weighted by atomic mass is 9.92. The Morgan fingerprint density at radius 1 is 1.42 bits per heavy atom. The first kappa shape index (κ1) is 14.8. The van der Waals surface area contributed by atoms with Crippen molar-refractivity contribution in [1.29, 1.82) is 0 Å². The molecule has 1 aromatic carbocycles. The highest BCUT2D eigenvalue weighted by atomic mass is 35.5. The number of rotatable bonds is 4. The zero-order valence-corrected chi connectivity index (χ0v) is 12.0. The third-order valence-corrected chi connectivity index (χ3v) is 4.41. The summed E-state index contributed by atoms with van der Waals surface area (Å²) in [5, 5.41) is 10.1. The van der Waals surface area contributed by atoms with Crippen LogP contribution in [0.3, 0.4) is 0 Å². The Morgan fingerprint density at radius 2 is 2.11 bits per heavy atom. The Bertz CT molecular complexity index is 396. The van der Waals surface area contributed by atoms with Gasteiger partial charge in [-0.15, -0.1) is 0 Å². The highest BCUT2D eigenvalue weighted by Gasteiger charge is 2.22. The summed E-state index contributed by atoms with van der Waals surface area (Å²) < 4.78 is 13.6. The lowest BCUT2D eigenvalue weighted by Crippen LogP contribution is -2.38. The monoisotopic (exact) mass is 285 g/mol. The van der Waals surface area contributed by atoms with Crippen molar-refractivity contribution in [2.75, 3.05) is 19.6 Å². The first-order valence-corrected chi connectivity index (χ1v) is 7.29. The van der Waals surface area contributed by atoms with E-state index in [0.29, 0.717) is 22.9 Å². The predicted molar refractivity (Wildman–Crippen MR) is 76.0 cm³/mol. The van der Waals surface area contributed by atoms with Gasteiger partial charge in [0.05, 0.1) is 6.10 Å². The lowest BCUT2D eigenvalue weighted by molar-refractivity contribution is 0.0722. The molecule has 0 amide bonds. The third kappa shape index (κ3) is 3.91. The molecule has 0 bridgehead atoms. The predicted octanol–water partition coefficient (Wildman–Crippen LogP) is 3.11. The number of aliphatic hydroxyl groups excluding tert-OH is 1. The summed E-state index contributed by atoms with van der Waals surface area (Å²) in [7, 11) is 0. The minimum Gasteiger partial charge on any atom is -0.393 e. The van der Waals surface area contributed by atoms with Crippen LogP contribution in [0.15, 0.2) is 18.2 Å². The van der Waals surface area contributed by atoms with Crippen LogP contribution in [0.4, 0.5) is 4.39 Å². The summed E-state index contributed by atoms with van der Waals surface area (Å²) >= 11 is 6.02. The molecule has 2 nitrogen and oxygen atoms in total. The quantitative estimate of drug-likeness (QED) is 0.919. The van der Waals surface area contributed by atoms with E-state index in [4.69, 9.17) is 11.6 Å². The summed E-state index contributed by atoms with van der Waals surface area (Å²) in [6, 6.07) is 4.83. The van der Waals surface area contributed by atoms with Gasteiger partial charge in [-0.1, -0.05) is 17.7 Å². The van der Waals surface area contributed by atoms with Crippen molar-refractivity contribution in [1.82, 2.24) is 4.90 Å². The molecule has 1 aliphatic rings. The second-order valence-corrected chi connectivity index (χ2v) is 5.78. The molecule has 1 unspecified atom stereocenters. The van der Waals surface area contributed by atoms with Gasteiger partial charge in [0.25, 0.3) is 0 Å². The molecular formula is C15H21ClFNO. The molecule has 0 aliphatic carbocycles. The number of likely N-dealkylation sites (tertiary alicyclic amines) is 1. The Balaban J connectivity index is 1.84. The highest BCUT2D eigenvalue weighted by Crippen LogP contribution is 2.23. The van der Waals surface area contributed by atoms with Gasteiger partial charge in [0.2, 0.25) is 0 Å². The zero-order chi connectivity index (χ0) is 13.8. The number of piperidine rings is 1. The van der Waals surface area contributed by atoms with Crippen LogP contribution in [-0.2, 0) is 6.42 Å². The van der Waals surface area contributed by atoms with Crippen LogP contribution in [0.25, 0.3) is 0 Å². The maximum Gasteiger partial charge on any atom is 0.127 e. The fraction of sp³-hybridized carbons (Fsp3) is 0.600. The Labute approximate surface area is 119 Å². The maximum atomic E-state index is 13.6. The van der Waals surface area contributed by atoms with Crippen molar-refractivity contribution in [2.24, 2.45) is 5.92 Å². The molecule has 2 rings (SSSR count). The molecule has 1 aliphatic heterocycles. The molecule has 1 fully saturated rings. The van der Waals surface area contributed by atoms with Crippen LogP contribution in [0, 0.1) is 11.7 Å². The number of hydrogen-bond acceptors (Lipinski definition) is 2. The topological polar surface area (TPSA) is 23.5 Å². The molecule has 1 N–H and O–H groups in total. The second kappa shape index (κ2) is 6.69. The molecule has 1 heterocycles. The van der Waals surface area contributed by atoms with E-state index in [1.54, 1.807) is 12.1 Å². The highest BCUT2D eigenvalue weighted by molar-refractivity contribution is 6.31. The van der Waals surface area contributed by atoms with Gasteiger partial charge in [-0.25, -0.2) is 4.39 Å². The molecule has 0 spiro atoms. The smallest absolute Gasteiger partial charge is 0.127 e. The second-order valence-electron chi connectivity index (χ2n) is 5.37. The van der Waals surface area contributed by atoms with Gasteiger partial charge in [-0.05, 0) is 57.3 Å². The summed E-state index contributed by atoms with van der Waals surface area (Å²) in [6.45, 7) is 4.63. The van der Waals surface area contributed by atoms with Gasteiger partial charge < -0.3 is 10.0 Å².